The Morgan fingerprint density at radius 3 is 2.37 bits per heavy atom. The highest BCUT2D eigenvalue weighted by molar-refractivity contribution is 6.05. The average Bonchev–Trinajstić information content (AvgIpc) is 2.78. The first-order chi connectivity index (χ1) is 14.6. The third-order valence-electron chi connectivity index (χ3n) is 4.85. The van der Waals surface area contributed by atoms with E-state index in [4.69, 9.17) is 4.74 Å². The first-order valence-corrected chi connectivity index (χ1v) is 10.1. The van der Waals surface area contributed by atoms with Gasteiger partial charge in [-0.25, -0.2) is 4.98 Å². The van der Waals surface area contributed by atoms with Crippen molar-refractivity contribution in [2.75, 3.05) is 4.90 Å². The van der Waals surface area contributed by atoms with Crippen LogP contribution in [0.3, 0.4) is 0 Å². The van der Waals surface area contributed by atoms with Crippen LogP contribution in [-0.2, 0) is 6.54 Å². The van der Waals surface area contributed by atoms with Crippen molar-refractivity contribution in [3.8, 4) is 5.75 Å². The molecule has 0 fully saturated rings. The molecule has 4 nitrogen and oxygen atoms in total. The van der Waals surface area contributed by atoms with Gasteiger partial charge in [-0.2, -0.15) is 0 Å². The summed E-state index contributed by atoms with van der Waals surface area (Å²) in [5, 5.41) is 2.29. The Morgan fingerprint density at radius 1 is 0.900 bits per heavy atom. The van der Waals surface area contributed by atoms with Crippen LogP contribution in [-0.4, -0.2) is 17.0 Å². The summed E-state index contributed by atoms with van der Waals surface area (Å²) in [5.41, 5.74) is 1.67. The van der Waals surface area contributed by atoms with E-state index >= 15 is 0 Å². The van der Waals surface area contributed by atoms with Crippen LogP contribution in [0.2, 0.25) is 0 Å². The number of hydrogen-bond acceptors (Lipinski definition) is 3. The van der Waals surface area contributed by atoms with Gasteiger partial charge >= 0.3 is 0 Å². The quantitative estimate of drug-likeness (QED) is 0.409. The number of ether oxygens (including phenoxy) is 1. The van der Waals surface area contributed by atoms with Gasteiger partial charge in [0.25, 0.3) is 5.91 Å². The van der Waals surface area contributed by atoms with Gasteiger partial charge < -0.3 is 4.74 Å². The number of carbonyl (C=O) groups excluding carboxylic acids is 1. The molecule has 1 heterocycles. The lowest BCUT2D eigenvalue weighted by Gasteiger charge is -2.23. The second-order valence-electron chi connectivity index (χ2n) is 7.41. The number of pyridine rings is 1. The number of carbonyl (C=O) groups is 1. The van der Waals surface area contributed by atoms with Crippen LogP contribution in [0.1, 0.15) is 29.8 Å². The van der Waals surface area contributed by atoms with Crippen molar-refractivity contribution in [2.45, 2.75) is 26.5 Å². The molecule has 0 atom stereocenters. The largest absolute Gasteiger partial charge is 0.491 e. The molecule has 4 heteroatoms. The molecule has 150 valence electrons. The summed E-state index contributed by atoms with van der Waals surface area (Å²) in [6.45, 7) is 4.39. The van der Waals surface area contributed by atoms with E-state index in [0.717, 1.165) is 22.1 Å². The molecule has 30 heavy (non-hydrogen) atoms. The fourth-order valence-corrected chi connectivity index (χ4v) is 3.48. The molecule has 3 aromatic carbocycles. The second kappa shape index (κ2) is 8.78. The van der Waals surface area contributed by atoms with Gasteiger partial charge in [-0.15, -0.1) is 0 Å². The van der Waals surface area contributed by atoms with E-state index in [1.165, 1.54) is 0 Å². The summed E-state index contributed by atoms with van der Waals surface area (Å²) in [6.07, 6.45) is 1.79. The van der Waals surface area contributed by atoms with Gasteiger partial charge in [0, 0.05) is 11.8 Å². The predicted molar refractivity (Wildman–Crippen MR) is 121 cm³/mol. The summed E-state index contributed by atoms with van der Waals surface area (Å²) < 4.78 is 5.70. The van der Waals surface area contributed by atoms with Crippen LogP contribution < -0.4 is 9.64 Å². The van der Waals surface area contributed by atoms with Gasteiger partial charge in [0.2, 0.25) is 0 Å². The first-order valence-electron chi connectivity index (χ1n) is 10.1. The first kappa shape index (κ1) is 19.6. The third kappa shape index (κ3) is 4.33. The summed E-state index contributed by atoms with van der Waals surface area (Å²) in [5.74, 6) is 1.27. The average molecular weight is 396 g/mol. The number of nitrogens with zero attached hydrogens (tertiary/aromatic N) is 2. The molecule has 4 aromatic rings. The van der Waals surface area contributed by atoms with Crippen molar-refractivity contribution < 1.29 is 9.53 Å². The van der Waals surface area contributed by atoms with Gasteiger partial charge in [-0.3, -0.25) is 9.69 Å². The number of fused-ring (bicyclic) bond motifs is 1. The number of hydrogen-bond donors (Lipinski definition) is 0. The molecule has 1 aromatic heterocycles. The van der Waals surface area contributed by atoms with Crippen LogP contribution in [0.4, 0.5) is 5.82 Å². The zero-order chi connectivity index (χ0) is 20.9. The number of amides is 1. The van der Waals surface area contributed by atoms with E-state index in [2.05, 4.69) is 29.2 Å². The maximum Gasteiger partial charge on any atom is 0.259 e. The van der Waals surface area contributed by atoms with Crippen LogP contribution in [0, 0.1) is 0 Å². The Hall–Kier alpha value is -3.66. The molecular formula is C26H24N2O2. The molecule has 0 aliphatic heterocycles. The minimum absolute atomic E-state index is 0.0860. The summed E-state index contributed by atoms with van der Waals surface area (Å²) in [6, 6.07) is 27.3. The minimum Gasteiger partial charge on any atom is -0.491 e. The third-order valence-corrected chi connectivity index (χ3v) is 4.85. The maximum atomic E-state index is 13.5. The Balaban J connectivity index is 1.69. The molecule has 4 rings (SSSR count). The van der Waals surface area contributed by atoms with E-state index < -0.39 is 0 Å². The number of aromatic nitrogens is 1. The van der Waals surface area contributed by atoms with Crippen molar-refractivity contribution in [1.29, 1.82) is 0 Å². The van der Waals surface area contributed by atoms with E-state index in [1.54, 1.807) is 23.2 Å². The van der Waals surface area contributed by atoms with Crippen molar-refractivity contribution in [3.05, 3.63) is 102 Å². The Kier molecular flexibility index (Phi) is 5.75. The smallest absolute Gasteiger partial charge is 0.259 e. The Bertz CT molecular complexity index is 1130. The van der Waals surface area contributed by atoms with E-state index in [0.29, 0.717) is 17.9 Å². The maximum absolute atomic E-state index is 13.5. The van der Waals surface area contributed by atoms with Gasteiger partial charge in [0.15, 0.2) is 0 Å². The Morgan fingerprint density at radius 2 is 1.63 bits per heavy atom. The highest BCUT2D eigenvalue weighted by atomic mass is 16.5. The molecule has 0 spiro atoms. The number of benzene rings is 3. The van der Waals surface area contributed by atoms with Crippen molar-refractivity contribution in [1.82, 2.24) is 4.98 Å². The molecule has 0 unspecified atom stereocenters. The van der Waals surface area contributed by atoms with Crippen molar-refractivity contribution >= 4 is 22.5 Å². The molecule has 0 saturated heterocycles. The molecule has 0 aliphatic rings. The van der Waals surface area contributed by atoms with Gasteiger partial charge in [-0.1, -0.05) is 48.5 Å². The van der Waals surface area contributed by atoms with E-state index in [-0.39, 0.29) is 12.0 Å². The molecule has 0 saturated carbocycles. The summed E-state index contributed by atoms with van der Waals surface area (Å²) in [4.78, 5) is 19.6. The highest BCUT2D eigenvalue weighted by Gasteiger charge is 2.20. The fourth-order valence-electron chi connectivity index (χ4n) is 3.48. The zero-order valence-corrected chi connectivity index (χ0v) is 17.2. The molecule has 0 radical (unpaired) electrons. The van der Waals surface area contributed by atoms with Crippen molar-refractivity contribution in [2.24, 2.45) is 0 Å². The molecule has 0 bridgehead atoms. The minimum atomic E-state index is -0.0993. The Labute approximate surface area is 176 Å². The standard InChI is InChI=1S/C26H24N2O2/c1-19(2)30-23-15-13-21(14-16-23)26(29)28(25-12-5-6-17-27-25)18-22-10-7-9-20-8-3-4-11-24(20)22/h3-17,19H,18H2,1-2H3. The molecule has 1 amide bonds. The fraction of sp³-hybridized carbons (Fsp3) is 0.154. The van der Waals surface area contributed by atoms with Gasteiger partial charge in [0.05, 0.1) is 12.6 Å². The normalized spacial score (nSPS) is 10.9. The van der Waals surface area contributed by atoms with Crippen LogP contribution in [0.15, 0.2) is 91.1 Å². The molecule has 0 aliphatic carbocycles. The highest BCUT2D eigenvalue weighted by Crippen LogP contribution is 2.24. The SMILES string of the molecule is CC(C)Oc1ccc(C(=O)N(Cc2cccc3ccccc23)c2ccccn2)cc1. The van der Waals surface area contributed by atoms with Crippen LogP contribution in [0.25, 0.3) is 10.8 Å². The topological polar surface area (TPSA) is 42.4 Å². The molecular weight excluding hydrogens is 372 g/mol. The number of rotatable bonds is 6. The van der Waals surface area contributed by atoms with Crippen LogP contribution >= 0.6 is 0 Å². The van der Waals surface area contributed by atoms with E-state index in [1.807, 2.05) is 62.4 Å². The lowest BCUT2D eigenvalue weighted by atomic mass is 10.0. The summed E-state index contributed by atoms with van der Waals surface area (Å²) >= 11 is 0. The van der Waals surface area contributed by atoms with Crippen LogP contribution in [0.5, 0.6) is 5.75 Å². The van der Waals surface area contributed by atoms with Gasteiger partial charge in [-0.05, 0) is 66.6 Å². The second-order valence-corrected chi connectivity index (χ2v) is 7.41. The predicted octanol–water partition coefficient (Wildman–Crippen LogP) is 5.87. The molecule has 0 N–H and O–H groups in total. The van der Waals surface area contributed by atoms with Gasteiger partial charge in [0.1, 0.15) is 11.6 Å². The number of anilines is 1. The van der Waals surface area contributed by atoms with E-state index in [9.17, 15) is 4.79 Å². The monoisotopic (exact) mass is 396 g/mol. The van der Waals surface area contributed by atoms with Crippen molar-refractivity contribution in [3.63, 3.8) is 0 Å². The lowest BCUT2D eigenvalue weighted by molar-refractivity contribution is 0.0984. The zero-order valence-electron chi connectivity index (χ0n) is 17.2. The lowest BCUT2D eigenvalue weighted by Crippen LogP contribution is -2.31. The summed E-state index contributed by atoms with van der Waals surface area (Å²) in [7, 11) is 0.